The van der Waals surface area contributed by atoms with E-state index in [2.05, 4.69) is 40.9 Å². The van der Waals surface area contributed by atoms with Crippen LogP contribution < -0.4 is 5.32 Å². The van der Waals surface area contributed by atoms with Crippen LogP contribution in [-0.4, -0.2) is 43.3 Å². The van der Waals surface area contributed by atoms with Crippen molar-refractivity contribution in [2.75, 3.05) is 26.3 Å². The van der Waals surface area contributed by atoms with Crippen LogP contribution in [0.2, 0.25) is 0 Å². The van der Waals surface area contributed by atoms with Gasteiger partial charge in [-0.25, -0.2) is 0 Å². The highest BCUT2D eigenvalue weighted by atomic mass is 32.1. The van der Waals surface area contributed by atoms with Crippen molar-refractivity contribution >= 4 is 11.3 Å². The highest BCUT2D eigenvalue weighted by Crippen LogP contribution is 2.35. The van der Waals surface area contributed by atoms with E-state index in [1.807, 2.05) is 0 Å². The molecule has 0 bridgehead atoms. The first-order valence-electron chi connectivity index (χ1n) is 8.23. The first-order valence-corrected chi connectivity index (χ1v) is 9.17. The maximum atomic E-state index is 5.76. The van der Waals surface area contributed by atoms with Crippen LogP contribution in [0.1, 0.15) is 38.7 Å². The van der Waals surface area contributed by atoms with Crippen LogP contribution in [0.4, 0.5) is 0 Å². The molecule has 1 saturated carbocycles. The molecule has 0 radical (unpaired) electrons. The monoisotopic (exact) mass is 308 g/mol. The fourth-order valence-corrected chi connectivity index (χ4v) is 3.85. The van der Waals surface area contributed by atoms with Gasteiger partial charge in [-0.05, 0) is 41.7 Å². The molecule has 2 heterocycles. The predicted molar refractivity (Wildman–Crippen MR) is 88.8 cm³/mol. The molecule has 4 heteroatoms. The third-order valence-electron chi connectivity index (χ3n) is 4.64. The summed E-state index contributed by atoms with van der Waals surface area (Å²) in [5, 5.41) is 8.13. The average Bonchev–Trinajstić information content (AvgIpc) is 2.99. The summed E-state index contributed by atoms with van der Waals surface area (Å²) in [6.45, 7) is 9.67. The molecule has 1 aliphatic carbocycles. The number of nitrogens with zero attached hydrogens (tertiary/aromatic N) is 1. The van der Waals surface area contributed by atoms with Crippen molar-refractivity contribution in [3.8, 4) is 0 Å². The second-order valence-corrected chi connectivity index (χ2v) is 7.89. The first kappa shape index (κ1) is 15.5. The van der Waals surface area contributed by atoms with E-state index in [0.29, 0.717) is 11.5 Å². The molecule has 1 aromatic heterocycles. The van der Waals surface area contributed by atoms with Crippen LogP contribution in [-0.2, 0) is 11.3 Å². The van der Waals surface area contributed by atoms with E-state index in [1.165, 1.54) is 31.4 Å². The zero-order valence-corrected chi connectivity index (χ0v) is 14.1. The molecule has 2 fully saturated rings. The van der Waals surface area contributed by atoms with Crippen molar-refractivity contribution in [1.29, 1.82) is 0 Å². The maximum absolute atomic E-state index is 5.76. The zero-order valence-electron chi connectivity index (χ0n) is 13.3. The van der Waals surface area contributed by atoms with Gasteiger partial charge in [0.1, 0.15) is 0 Å². The molecule has 0 amide bonds. The molecule has 1 aliphatic heterocycles. The summed E-state index contributed by atoms with van der Waals surface area (Å²) < 4.78 is 5.76. The van der Waals surface area contributed by atoms with Crippen LogP contribution in [0.25, 0.3) is 0 Å². The Labute approximate surface area is 132 Å². The van der Waals surface area contributed by atoms with E-state index in [-0.39, 0.29) is 0 Å². The molecule has 0 spiro atoms. The Hall–Kier alpha value is -0.420. The maximum Gasteiger partial charge on any atom is 0.0547 e. The Bertz CT molecular complexity index is 422. The third kappa shape index (κ3) is 4.28. The molecule has 0 aromatic carbocycles. The minimum Gasteiger partial charge on any atom is -0.381 e. The molecular weight excluding hydrogens is 280 g/mol. The van der Waals surface area contributed by atoms with Crippen molar-refractivity contribution < 1.29 is 4.74 Å². The topological polar surface area (TPSA) is 24.5 Å². The Morgan fingerprint density at radius 1 is 1.48 bits per heavy atom. The highest BCUT2D eigenvalue weighted by molar-refractivity contribution is 7.07. The Morgan fingerprint density at radius 3 is 2.90 bits per heavy atom. The summed E-state index contributed by atoms with van der Waals surface area (Å²) in [6, 6.07) is 3.62. The summed E-state index contributed by atoms with van der Waals surface area (Å²) in [5.41, 5.74) is 1.78. The summed E-state index contributed by atoms with van der Waals surface area (Å²) in [7, 11) is 0. The van der Waals surface area contributed by atoms with Gasteiger partial charge < -0.3 is 10.1 Å². The van der Waals surface area contributed by atoms with Gasteiger partial charge in [0.05, 0.1) is 6.61 Å². The standard InChI is InChI=1S/C17H28N2OS/c1-14(2)18-11-17(6-7-20-13-17)12-19(16-3-4-16)9-15-5-8-21-10-15/h5,8,10,14,16,18H,3-4,6-7,9,11-13H2,1-2H3. The molecule has 1 unspecified atom stereocenters. The molecule has 3 rings (SSSR count). The molecule has 1 saturated heterocycles. The third-order valence-corrected chi connectivity index (χ3v) is 5.37. The zero-order chi connectivity index (χ0) is 14.7. The summed E-state index contributed by atoms with van der Waals surface area (Å²) in [6.07, 6.45) is 3.94. The van der Waals surface area contributed by atoms with Crippen molar-refractivity contribution in [1.82, 2.24) is 10.2 Å². The van der Waals surface area contributed by atoms with Gasteiger partial charge >= 0.3 is 0 Å². The minimum atomic E-state index is 0.308. The normalized spacial score (nSPS) is 26.1. The largest absolute Gasteiger partial charge is 0.381 e. The van der Waals surface area contributed by atoms with Gasteiger partial charge in [-0.2, -0.15) is 11.3 Å². The highest BCUT2D eigenvalue weighted by Gasteiger charge is 2.40. The van der Waals surface area contributed by atoms with Crippen LogP contribution in [0.5, 0.6) is 0 Å². The summed E-state index contributed by atoms with van der Waals surface area (Å²) >= 11 is 1.81. The SMILES string of the molecule is CC(C)NCC1(CN(Cc2ccsc2)C2CC2)CCOC1. The number of ether oxygens (including phenoxy) is 1. The molecular formula is C17H28N2OS. The lowest BCUT2D eigenvalue weighted by Gasteiger charge is -2.35. The molecule has 21 heavy (non-hydrogen) atoms. The van der Waals surface area contributed by atoms with Gasteiger partial charge in [0.15, 0.2) is 0 Å². The Kier molecular flexibility index (Phi) is 4.99. The van der Waals surface area contributed by atoms with Gasteiger partial charge in [0, 0.05) is 43.7 Å². The average molecular weight is 308 g/mol. The second kappa shape index (κ2) is 6.78. The molecule has 2 aliphatic rings. The quantitative estimate of drug-likeness (QED) is 0.798. The van der Waals surface area contributed by atoms with E-state index >= 15 is 0 Å². The van der Waals surface area contributed by atoms with E-state index in [4.69, 9.17) is 4.74 Å². The second-order valence-electron chi connectivity index (χ2n) is 7.11. The fraction of sp³-hybridized carbons (Fsp3) is 0.765. The fourth-order valence-electron chi connectivity index (χ4n) is 3.19. The van der Waals surface area contributed by atoms with Crippen molar-refractivity contribution in [3.05, 3.63) is 22.4 Å². The van der Waals surface area contributed by atoms with Crippen molar-refractivity contribution in [2.45, 2.75) is 51.7 Å². The van der Waals surface area contributed by atoms with E-state index < -0.39 is 0 Å². The number of thiophene rings is 1. The Balaban J connectivity index is 1.64. The van der Waals surface area contributed by atoms with Gasteiger partial charge in [0.2, 0.25) is 0 Å². The first-order chi connectivity index (χ1) is 10.2. The van der Waals surface area contributed by atoms with Gasteiger partial charge in [0.25, 0.3) is 0 Å². The number of hydrogen-bond acceptors (Lipinski definition) is 4. The predicted octanol–water partition coefficient (Wildman–Crippen LogP) is 3.12. The van der Waals surface area contributed by atoms with E-state index in [0.717, 1.165) is 32.3 Å². The van der Waals surface area contributed by atoms with Crippen molar-refractivity contribution in [2.24, 2.45) is 5.41 Å². The van der Waals surface area contributed by atoms with Crippen LogP contribution in [0, 0.1) is 5.41 Å². The van der Waals surface area contributed by atoms with Crippen molar-refractivity contribution in [3.63, 3.8) is 0 Å². The molecule has 3 nitrogen and oxygen atoms in total. The van der Waals surface area contributed by atoms with Crippen LogP contribution in [0.15, 0.2) is 16.8 Å². The molecule has 1 atom stereocenters. The minimum absolute atomic E-state index is 0.308. The van der Waals surface area contributed by atoms with Crippen LogP contribution >= 0.6 is 11.3 Å². The number of rotatable bonds is 8. The number of hydrogen-bond donors (Lipinski definition) is 1. The lowest BCUT2D eigenvalue weighted by Crippen LogP contribution is -2.46. The van der Waals surface area contributed by atoms with Gasteiger partial charge in [-0.15, -0.1) is 0 Å². The Morgan fingerprint density at radius 2 is 2.33 bits per heavy atom. The van der Waals surface area contributed by atoms with E-state index in [9.17, 15) is 0 Å². The van der Waals surface area contributed by atoms with Crippen LogP contribution in [0.3, 0.4) is 0 Å². The smallest absolute Gasteiger partial charge is 0.0547 e. The summed E-state index contributed by atoms with van der Waals surface area (Å²) in [4.78, 5) is 2.71. The van der Waals surface area contributed by atoms with Gasteiger partial charge in [-0.3, -0.25) is 4.90 Å². The molecule has 1 aromatic rings. The number of nitrogens with one attached hydrogen (secondary N) is 1. The van der Waals surface area contributed by atoms with E-state index in [1.54, 1.807) is 11.3 Å². The lowest BCUT2D eigenvalue weighted by atomic mass is 9.86. The lowest BCUT2D eigenvalue weighted by molar-refractivity contribution is 0.0991. The molecule has 118 valence electrons. The van der Waals surface area contributed by atoms with Gasteiger partial charge in [-0.1, -0.05) is 13.8 Å². The summed E-state index contributed by atoms with van der Waals surface area (Å²) in [5.74, 6) is 0. The molecule has 1 N–H and O–H groups in total.